The van der Waals surface area contributed by atoms with Crippen LogP contribution in [-0.2, 0) is 10.7 Å². The van der Waals surface area contributed by atoms with Gasteiger partial charge in [-0.2, -0.15) is 9.13 Å². The van der Waals surface area contributed by atoms with Crippen molar-refractivity contribution in [2.24, 2.45) is 0 Å². The van der Waals surface area contributed by atoms with Gasteiger partial charge in [-0.05, 0) is 35.4 Å². The predicted molar refractivity (Wildman–Crippen MR) is 137 cm³/mol. The van der Waals surface area contributed by atoms with Gasteiger partial charge in [-0.1, -0.05) is 36.4 Å². The van der Waals surface area contributed by atoms with Gasteiger partial charge in [0.25, 0.3) is 0 Å². The Labute approximate surface area is 209 Å². The van der Waals surface area contributed by atoms with Crippen molar-refractivity contribution in [2.75, 3.05) is 0 Å². The Morgan fingerprint density at radius 2 is 1.14 bits per heavy atom. The van der Waals surface area contributed by atoms with Gasteiger partial charge < -0.3 is 14.5 Å². The topological polar surface area (TPSA) is 74.5 Å². The summed E-state index contributed by atoms with van der Waals surface area (Å²) in [4.78, 5) is 18.8. The molecule has 5 aromatic rings. The highest BCUT2D eigenvalue weighted by atomic mass is 31.2. The molecule has 0 fully saturated rings. The lowest BCUT2D eigenvalue weighted by atomic mass is 10.1. The van der Waals surface area contributed by atoms with Crippen LogP contribution in [0.2, 0.25) is 0 Å². The van der Waals surface area contributed by atoms with E-state index in [9.17, 15) is 14.4 Å². The van der Waals surface area contributed by atoms with Gasteiger partial charge in [0.2, 0.25) is 11.4 Å². The Bertz CT molecular complexity index is 1500. The molecule has 6 nitrogen and oxygen atoms in total. The first kappa shape index (κ1) is 23.6. The quantitative estimate of drug-likeness (QED) is 0.235. The molecule has 0 saturated carbocycles. The summed E-state index contributed by atoms with van der Waals surface area (Å²) in [5.74, 6) is 1.58. The first-order chi connectivity index (χ1) is 17.4. The number of benzene rings is 3. The molecule has 0 aliphatic rings. The molecular formula is C29H25N2O4P+2. The molecule has 0 aliphatic heterocycles. The number of hydrogen-bond donors (Lipinski definition) is 2. The summed E-state index contributed by atoms with van der Waals surface area (Å²) < 4.78 is 21.3. The zero-order valence-corrected chi connectivity index (χ0v) is 20.3. The zero-order valence-electron chi connectivity index (χ0n) is 19.4. The molecule has 0 radical (unpaired) electrons. The Hall–Kier alpha value is -4.09. The second-order valence-electron chi connectivity index (χ2n) is 8.35. The predicted octanol–water partition coefficient (Wildman–Crippen LogP) is 5.38. The van der Waals surface area contributed by atoms with Gasteiger partial charge in [-0.3, -0.25) is 4.57 Å². The van der Waals surface area contributed by atoms with E-state index in [4.69, 9.17) is 4.74 Å². The van der Waals surface area contributed by atoms with Gasteiger partial charge in [-0.25, -0.2) is 0 Å². The van der Waals surface area contributed by atoms with Gasteiger partial charge in [0, 0.05) is 48.0 Å². The second-order valence-corrected chi connectivity index (χ2v) is 9.99. The fourth-order valence-corrected chi connectivity index (χ4v) is 4.71. The van der Waals surface area contributed by atoms with Crippen LogP contribution in [0.4, 0.5) is 0 Å². The third kappa shape index (κ3) is 5.75. The number of ether oxygens (including phenoxy) is 1. The molecule has 0 saturated heterocycles. The van der Waals surface area contributed by atoms with E-state index in [0.29, 0.717) is 5.56 Å². The largest absolute Gasteiger partial charge is 0.457 e. The molecule has 7 heteroatoms. The summed E-state index contributed by atoms with van der Waals surface area (Å²) in [6.07, 6.45) is 7.54. The minimum Gasteiger partial charge on any atom is -0.457 e. The highest BCUT2D eigenvalue weighted by Gasteiger charge is 2.21. The lowest BCUT2D eigenvalue weighted by molar-refractivity contribution is -0.596. The van der Waals surface area contributed by atoms with Crippen molar-refractivity contribution < 1.29 is 28.2 Å². The number of nitrogens with zero attached hydrogens (tertiary/aromatic N) is 2. The molecule has 36 heavy (non-hydrogen) atoms. The van der Waals surface area contributed by atoms with E-state index >= 15 is 0 Å². The monoisotopic (exact) mass is 496 g/mol. The fourth-order valence-electron chi connectivity index (χ4n) is 4.00. The minimum absolute atomic E-state index is 0.296. The number of rotatable bonds is 7. The average molecular weight is 497 g/mol. The molecule has 0 aliphatic carbocycles. The maximum absolute atomic E-state index is 11.5. The Kier molecular flexibility index (Phi) is 6.74. The first-order valence-corrected chi connectivity index (χ1v) is 13.2. The normalized spacial score (nSPS) is 11.3. The highest BCUT2D eigenvalue weighted by molar-refractivity contribution is 7.50. The number of hydrogen-bond acceptors (Lipinski definition) is 2. The van der Waals surface area contributed by atoms with Crippen LogP contribution in [0.3, 0.4) is 0 Å². The fraction of sp³-hybridized carbons (Fsp3) is 0.0345. The summed E-state index contributed by atoms with van der Waals surface area (Å²) >= 11 is 0. The van der Waals surface area contributed by atoms with E-state index in [1.807, 2.05) is 113 Å². The second kappa shape index (κ2) is 10.3. The lowest BCUT2D eigenvalue weighted by Crippen LogP contribution is -2.31. The summed E-state index contributed by atoms with van der Waals surface area (Å²) in [6.45, 7) is 0. The molecule has 0 bridgehead atoms. The minimum atomic E-state index is -4.16. The number of para-hydroxylation sites is 2. The summed E-state index contributed by atoms with van der Waals surface area (Å²) in [7, 11) is -4.16. The van der Waals surface area contributed by atoms with Crippen molar-refractivity contribution in [1.29, 1.82) is 0 Å². The Morgan fingerprint density at radius 1 is 0.611 bits per heavy atom. The molecule has 0 unspecified atom stereocenters. The molecule has 2 heterocycles. The van der Waals surface area contributed by atoms with Crippen LogP contribution in [0.1, 0.15) is 5.56 Å². The van der Waals surface area contributed by atoms with Crippen molar-refractivity contribution in [3.63, 3.8) is 0 Å². The van der Waals surface area contributed by atoms with E-state index in [1.54, 1.807) is 12.1 Å². The maximum Gasteiger partial charge on any atom is 0.330 e. The van der Waals surface area contributed by atoms with Crippen LogP contribution < -0.4 is 13.9 Å². The average Bonchev–Trinajstić information content (AvgIpc) is 2.89. The van der Waals surface area contributed by atoms with E-state index in [2.05, 4.69) is 12.1 Å². The van der Waals surface area contributed by atoms with Gasteiger partial charge in [0.05, 0.1) is 6.16 Å². The molecule has 0 atom stereocenters. The molecule has 2 aromatic heterocycles. The lowest BCUT2D eigenvalue weighted by Gasteiger charge is -2.07. The highest BCUT2D eigenvalue weighted by Crippen LogP contribution is 2.39. The number of pyridine rings is 2. The van der Waals surface area contributed by atoms with Gasteiger partial charge >= 0.3 is 7.60 Å². The van der Waals surface area contributed by atoms with Crippen molar-refractivity contribution in [3.05, 3.63) is 133 Å². The summed E-state index contributed by atoms with van der Waals surface area (Å²) in [5, 5.41) is 0. The first-order valence-electron chi connectivity index (χ1n) is 11.4. The molecule has 2 N–H and O–H groups in total. The van der Waals surface area contributed by atoms with Gasteiger partial charge in [0.1, 0.15) is 11.5 Å². The van der Waals surface area contributed by atoms with E-state index in [-0.39, 0.29) is 6.16 Å². The van der Waals surface area contributed by atoms with Crippen LogP contribution in [0.15, 0.2) is 128 Å². The van der Waals surface area contributed by atoms with Crippen LogP contribution in [-0.4, -0.2) is 9.79 Å². The Morgan fingerprint density at radius 3 is 1.75 bits per heavy atom. The third-order valence-corrected chi connectivity index (χ3v) is 6.50. The van der Waals surface area contributed by atoms with Crippen LogP contribution >= 0.6 is 7.60 Å². The SMILES string of the molecule is O=P(O)(O)Cc1ccccc1-[n+]1ccc(-c2cc[n+](-c3ccc(Oc4ccccc4)cc3)cc2)cc1. The summed E-state index contributed by atoms with van der Waals surface area (Å²) in [5.41, 5.74) is 4.47. The molecule has 0 spiro atoms. The number of aromatic nitrogens is 2. The third-order valence-electron chi connectivity index (χ3n) is 5.75. The van der Waals surface area contributed by atoms with Crippen molar-refractivity contribution in [2.45, 2.75) is 6.16 Å². The van der Waals surface area contributed by atoms with Crippen molar-refractivity contribution >= 4 is 7.60 Å². The van der Waals surface area contributed by atoms with Crippen LogP contribution in [0.25, 0.3) is 22.5 Å². The maximum atomic E-state index is 11.5. The molecular weight excluding hydrogens is 471 g/mol. The molecule has 178 valence electrons. The van der Waals surface area contributed by atoms with E-state index in [1.165, 1.54) is 0 Å². The smallest absolute Gasteiger partial charge is 0.330 e. The molecule has 3 aromatic carbocycles. The van der Waals surface area contributed by atoms with Crippen molar-refractivity contribution in [3.8, 4) is 34.0 Å². The Balaban J connectivity index is 1.31. The van der Waals surface area contributed by atoms with Gasteiger partial charge in [0.15, 0.2) is 24.8 Å². The van der Waals surface area contributed by atoms with Crippen LogP contribution in [0, 0.1) is 0 Å². The zero-order chi connectivity index (χ0) is 25.0. The summed E-state index contributed by atoms with van der Waals surface area (Å²) in [6, 6.07) is 32.9. The molecule has 0 amide bonds. The van der Waals surface area contributed by atoms with E-state index in [0.717, 1.165) is 34.0 Å². The van der Waals surface area contributed by atoms with Crippen LogP contribution in [0.5, 0.6) is 11.5 Å². The van der Waals surface area contributed by atoms with Gasteiger partial charge in [-0.15, -0.1) is 0 Å². The van der Waals surface area contributed by atoms with E-state index < -0.39 is 7.60 Å². The molecule has 5 rings (SSSR count). The standard InChI is InChI=1S/C29H23N2O4P/c32-36(33,34)22-25-6-4-5-9-29(25)31-20-16-24(17-21-31)23-14-18-30(19-15-23)26-10-12-28(13-11-26)35-27-7-2-1-3-8-27/h1-21H,22H2/p+2. The van der Waals surface area contributed by atoms with Crippen molar-refractivity contribution in [1.82, 2.24) is 0 Å².